The number of unbranched alkanes of at least 4 members (excludes halogenated alkanes) is 4. The van der Waals surface area contributed by atoms with Crippen LogP contribution in [0.4, 0.5) is 0 Å². The summed E-state index contributed by atoms with van der Waals surface area (Å²) < 4.78 is 0. The SMILES string of the molecule is C=C(CCCCCCC)N/C(=C\C)Cc1cc(S/C(=C\N=CN)C(C)=O)nc(C)n1. The maximum absolute atomic E-state index is 11.8. The Bertz CT molecular complexity index is 799. The third-order valence-electron chi connectivity index (χ3n) is 4.35. The molecule has 30 heavy (non-hydrogen) atoms. The summed E-state index contributed by atoms with van der Waals surface area (Å²) >= 11 is 1.26. The molecule has 0 amide bonds. The van der Waals surface area contributed by atoms with Crippen LogP contribution in [0.15, 0.2) is 51.2 Å². The molecule has 0 saturated carbocycles. The molecule has 0 aliphatic rings. The predicted octanol–water partition coefficient (Wildman–Crippen LogP) is 5.20. The molecule has 0 unspecified atom stereocenters. The first-order valence-corrected chi connectivity index (χ1v) is 11.3. The van der Waals surface area contributed by atoms with Crippen LogP contribution in [0.1, 0.15) is 70.8 Å². The van der Waals surface area contributed by atoms with Crippen molar-refractivity contribution in [2.45, 2.75) is 77.7 Å². The summed E-state index contributed by atoms with van der Waals surface area (Å²) in [6, 6.07) is 1.90. The molecule has 1 aromatic heterocycles. The molecule has 1 aromatic rings. The van der Waals surface area contributed by atoms with Gasteiger partial charge < -0.3 is 11.1 Å². The van der Waals surface area contributed by atoms with E-state index in [0.29, 0.717) is 22.2 Å². The quantitative estimate of drug-likeness (QED) is 0.105. The van der Waals surface area contributed by atoms with E-state index in [1.165, 1.54) is 50.6 Å². The molecule has 0 aliphatic carbocycles. The van der Waals surface area contributed by atoms with Crippen LogP contribution in [0.5, 0.6) is 0 Å². The highest BCUT2D eigenvalue weighted by molar-refractivity contribution is 8.04. The normalized spacial score (nSPS) is 12.4. The Morgan fingerprint density at radius 1 is 1.30 bits per heavy atom. The van der Waals surface area contributed by atoms with E-state index >= 15 is 0 Å². The number of allylic oxidation sites excluding steroid dienone is 4. The maximum Gasteiger partial charge on any atom is 0.168 e. The van der Waals surface area contributed by atoms with Gasteiger partial charge in [-0.25, -0.2) is 15.0 Å². The fourth-order valence-corrected chi connectivity index (χ4v) is 3.66. The predicted molar refractivity (Wildman–Crippen MR) is 127 cm³/mol. The van der Waals surface area contributed by atoms with Crippen molar-refractivity contribution >= 4 is 23.9 Å². The van der Waals surface area contributed by atoms with Crippen molar-refractivity contribution in [1.82, 2.24) is 15.3 Å². The summed E-state index contributed by atoms with van der Waals surface area (Å²) in [5.41, 5.74) is 8.24. The molecule has 0 atom stereocenters. The fourth-order valence-electron chi connectivity index (χ4n) is 2.80. The number of aliphatic imine (C=N–C) groups is 1. The topological polar surface area (TPSA) is 93.3 Å². The number of nitrogens with zero attached hydrogens (tertiary/aromatic N) is 3. The second-order valence-electron chi connectivity index (χ2n) is 7.08. The molecule has 0 saturated heterocycles. The number of Topliss-reactive ketones (excluding diaryl/α,β-unsaturated/α-hetero) is 1. The molecule has 7 heteroatoms. The number of hydrogen-bond acceptors (Lipinski definition) is 6. The smallest absolute Gasteiger partial charge is 0.168 e. The fraction of sp³-hybridized carbons (Fsp3) is 0.478. The second-order valence-corrected chi connectivity index (χ2v) is 8.14. The van der Waals surface area contributed by atoms with Crippen LogP contribution < -0.4 is 11.1 Å². The van der Waals surface area contributed by atoms with Crippen LogP contribution >= 0.6 is 11.8 Å². The van der Waals surface area contributed by atoms with Gasteiger partial charge in [0.25, 0.3) is 0 Å². The van der Waals surface area contributed by atoms with Gasteiger partial charge in [0.2, 0.25) is 0 Å². The standard InChI is InChI=1S/C23H35N5OS/c1-6-8-9-10-11-12-17(3)26-20(7-2)13-21-14-23(28-19(5)27-21)30-22(18(4)29)15-25-16-24/h7,14-16,26H,3,6,8-13H2,1-2,4-5H3,(H2,24,25)/b20-7-,22-15-. The van der Waals surface area contributed by atoms with E-state index in [-0.39, 0.29) is 5.78 Å². The first-order valence-electron chi connectivity index (χ1n) is 10.5. The molecule has 0 fully saturated rings. The van der Waals surface area contributed by atoms with Gasteiger partial charge in [0.05, 0.1) is 16.9 Å². The van der Waals surface area contributed by atoms with Crippen molar-refractivity contribution in [2.24, 2.45) is 10.7 Å². The van der Waals surface area contributed by atoms with E-state index in [9.17, 15) is 4.79 Å². The zero-order valence-electron chi connectivity index (χ0n) is 18.7. The Morgan fingerprint density at radius 2 is 2.03 bits per heavy atom. The van der Waals surface area contributed by atoms with Crippen LogP contribution in [0.25, 0.3) is 0 Å². The third-order valence-corrected chi connectivity index (χ3v) is 5.38. The third kappa shape index (κ3) is 10.4. The summed E-state index contributed by atoms with van der Waals surface area (Å²) in [5.74, 6) is 0.569. The first-order chi connectivity index (χ1) is 14.4. The van der Waals surface area contributed by atoms with E-state index in [2.05, 4.69) is 33.8 Å². The minimum atomic E-state index is -0.0885. The molecule has 0 spiro atoms. The molecule has 0 aliphatic heterocycles. The van der Waals surface area contributed by atoms with E-state index in [1.54, 1.807) is 0 Å². The van der Waals surface area contributed by atoms with Gasteiger partial charge in [-0.05, 0) is 39.7 Å². The number of thioether (sulfide) groups is 1. The number of carbonyl (C=O) groups excluding carboxylic acids is 1. The number of nitrogens with one attached hydrogen (secondary N) is 1. The summed E-state index contributed by atoms with van der Waals surface area (Å²) in [6.07, 6.45) is 12.5. The minimum Gasteiger partial charge on any atom is -0.390 e. The first kappa shape index (κ1) is 25.6. The highest BCUT2D eigenvalue weighted by Crippen LogP contribution is 2.26. The summed E-state index contributed by atoms with van der Waals surface area (Å²) in [7, 11) is 0. The van der Waals surface area contributed by atoms with Crippen LogP contribution in [-0.4, -0.2) is 22.1 Å². The van der Waals surface area contributed by atoms with Crippen molar-refractivity contribution in [3.05, 3.63) is 52.7 Å². The highest BCUT2D eigenvalue weighted by atomic mass is 32.2. The zero-order valence-corrected chi connectivity index (χ0v) is 19.5. The lowest BCUT2D eigenvalue weighted by Crippen LogP contribution is -2.15. The number of carbonyl (C=O) groups is 1. The summed E-state index contributed by atoms with van der Waals surface area (Å²) in [4.78, 5) is 25.1. The monoisotopic (exact) mass is 429 g/mol. The molecule has 0 radical (unpaired) electrons. The van der Waals surface area contributed by atoms with E-state index in [0.717, 1.165) is 36.3 Å². The Kier molecular flexibility index (Phi) is 12.4. The van der Waals surface area contributed by atoms with Crippen molar-refractivity contribution in [1.29, 1.82) is 0 Å². The molecule has 164 valence electrons. The van der Waals surface area contributed by atoms with Crippen LogP contribution in [-0.2, 0) is 11.2 Å². The molecular formula is C23H35N5OS. The van der Waals surface area contributed by atoms with Crippen molar-refractivity contribution in [3.8, 4) is 0 Å². The average Bonchev–Trinajstić information content (AvgIpc) is 2.69. The Morgan fingerprint density at radius 3 is 2.67 bits per heavy atom. The average molecular weight is 430 g/mol. The molecule has 0 bridgehead atoms. The van der Waals surface area contributed by atoms with Gasteiger partial charge in [-0.15, -0.1) is 0 Å². The molecule has 3 N–H and O–H groups in total. The van der Waals surface area contributed by atoms with Crippen molar-refractivity contribution in [2.75, 3.05) is 0 Å². The van der Waals surface area contributed by atoms with Gasteiger partial charge in [-0.1, -0.05) is 57.0 Å². The van der Waals surface area contributed by atoms with Gasteiger partial charge in [0, 0.05) is 24.0 Å². The lowest BCUT2D eigenvalue weighted by molar-refractivity contribution is -0.112. The van der Waals surface area contributed by atoms with E-state index in [1.807, 2.05) is 26.0 Å². The lowest BCUT2D eigenvalue weighted by Gasteiger charge is -2.14. The largest absolute Gasteiger partial charge is 0.390 e. The molecule has 1 heterocycles. The number of rotatable bonds is 14. The lowest BCUT2D eigenvalue weighted by atomic mass is 10.1. The number of ketones is 1. The van der Waals surface area contributed by atoms with Gasteiger partial charge in [-0.2, -0.15) is 0 Å². The molecule has 6 nitrogen and oxygen atoms in total. The Labute approximate surface area is 185 Å². The second kappa shape index (κ2) is 14.6. The number of nitrogens with two attached hydrogens (primary N) is 1. The molecule has 0 aromatic carbocycles. The van der Waals surface area contributed by atoms with Gasteiger partial charge in [0.1, 0.15) is 10.9 Å². The Balaban J connectivity index is 2.77. The summed E-state index contributed by atoms with van der Waals surface area (Å²) in [5, 5.41) is 4.14. The van der Waals surface area contributed by atoms with Gasteiger partial charge in [0.15, 0.2) is 5.78 Å². The van der Waals surface area contributed by atoms with Crippen molar-refractivity contribution in [3.63, 3.8) is 0 Å². The maximum atomic E-state index is 11.8. The van der Waals surface area contributed by atoms with Crippen LogP contribution in [0, 0.1) is 6.92 Å². The minimum absolute atomic E-state index is 0.0885. The number of aryl methyl sites for hydroxylation is 1. The zero-order chi connectivity index (χ0) is 22.4. The highest BCUT2D eigenvalue weighted by Gasteiger charge is 2.11. The Hall–Kier alpha value is -2.41. The molecule has 1 rings (SSSR count). The van der Waals surface area contributed by atoms with Crippen LogP contribution in [0.3, 0.4) is 0 Å². The van der Waals surface area contributed by atoms with Crippen molar-refractivity contribution < 1.29 is 4.79 Å². The van der Waals surface area contributed by atoms with Gasteiger partial charge in [-0.3, -0.25) is 4.79 Å². The molecular weight excluding hydrogens is 394 g/mol. The number of hydrogen-bond donors (Lipinski definition) is 2. The van der Waals surface area contributed by atoms with E-state index in [4.69, 9.17) is 5.73 Å². The summed E-state index contributed by atoms with van der Waals surface area (Å²) in [6.45, 7) is 11.7. The van der Waals surface area contributed by atoms with Crippen LogP contribution in [0.2, 0.25) is 0 Å². The van der Waals surface area contributed by atoms with Gasteiger partial charge >= 0.3 is 0 Å². The number of aromatic nitrogens is 2. The van der Waals surface area contributed by atoms with E-state index < -0.39 is 0 Å².